The van der Waals surface area contributed by atoms with Crippen molar-refractivity contribution >= 4 is 0 Å². The van der Waals surface area contributed by atoms with E-state index in [1.807, 2.05) is 0 Å². The molecule has 3 nitrogen and oxygen atoms in total. The Morgan fingerprint density at radius 1 is 1.14 bits per heavy atom. The van der Waals surface area contributed by atoms with E-state index in [4.69, 9.17) is 4.74 Å². The number of ether oxygens (including phenoxy) is 1. The predicted octanol–water partition coefficient (Wildman–Crippen LogP) is 3.46. The van der Waals surface area contributed by atoms with E-state index in [0.29, 0.717) is 24.5 Å². The van der Waals surface area contributed by atoms with Crippen LogP contribution in [0.1, 0.15) is 59.3 Å². The Labute approximate surface area is 137 Å². The second-order valence-corrected chi connectivity index (χ2v) is 8.66. The molecule has 2 rings (SSSR count). The number of piperidine rings is 1. The summed E-state index contributed by atoms with van der Waals surface area (Å²) in [5, 5.41) is 10.4. The number of likely N-dealkylation sites (tertiary alicyclic amines) is 1. The SMILES string of the molecule is CC(C)[C@H]1CC[C@@H](C)C[C@H]1OC[C@@H](O)C[N+]1(C)CCCCC1. The molecule has 1 N–H and O–H groups in total. The second kappa shape index (κ2) is 8.12. The summed E-state index contributed by atoms with van der Waals surface area (Å²) in [5.41, 5.74) is 0. The molecule has 1 heterocycles. The molecule has 1 saturated carbocycles. The Morgan fingerprint density at radius 3 is 2.45 bits per heavy atom. The predicted molar refractivity (Wildman–Crippen MR) is 91.7 cm³/mol. The van der Waals surface area contributed by atoms with Gasteiger partial charge in [0.15, 0.2) is 0 Å². The second-order valence-electron chi connectivity index (χ2n) is 8.66. The van der Waals surface area contributed by atoms with Gasteiger partial charge in [0.25, 0.3) is 0 Å². The number of aliphatic hydroxyl groups excluding tert-OH is 1. The monoisotopic (exact) mass is 312 g/mol. The number of hydrogen-bond donors (Lipinski definition) is 1. The van der Waals surface area contributed by atoms with Crippen LogP contribution in [-0.2, 0) is 4.74 Å². The van der Waals surface area contributed by atoms with Gasteiger partial charge in [-0.05, 0) is 49.9 Å². The van der Waals surface area contributed by atoms with Crippen molar-refractivity contribution in [1.82, 2.24) is 0 Å². The van der Waals surface area contributed by atoms with Crippen LogP contribution in [0.3, 0.4) is 0 Å². The van der Waals surface area contributed by atoms with Gasteiger partial charge in [-0.1, -0.05) is 27.2 Å². The minimum Gasteiger partial charge on any atom is -0.385 e. The van der Waals surface area contributed by atoms with Gasteiger partial charge in [0.05, 0.1) is 32.8 Å². The van der Waals surface area contributed by atoms with E-state index in [1.165, 1.54) is 51.6 Å². The van der Waals surface area contributed by atoms with Crippen molar-refractivity contribution < 1.29 is 14.3 Å². The third-order valence-corrected chi connectivity index (χ3v) is 6.01. The first-order valence-corrected chi connectivity index (χ1v) is 9.53. The number of quaternary nitrogens is 1. The average Bonchev–Trinajstić information content (AvgIpc) is 2.45. The topological polar surface area (TPSA) is 29.5 Å². The molecule has 1 aliphatic heterocycles. The van der Waals surface area contributed by atoms with Crippen LogP contribution < -0.4 is 0 Å². The Morgan fingerprint density at radius 2 is 1.82 bits per heavy atom. The fraction of sp³-hybridized carbons (Fsp3) is 1.00. The lowest BCUT2D eigenvalue weighted by molar-refractivity contribution is -0.916. The first-order valence-electron chi connectivity index (χ1n) is 9.53. The highest BCUT2D eigenvalue weighted by molar-refractivity contribution is 4.81. The maximum atomic E-state index is 10.4. The molecular formula is C19H38NO2+. The lowest BCUT2D eigenvalue weighted by atomic mass is 9.75. The van der Waals surface area contributed by atoms with Crippen molar-refractivity contribution in [3.05, 3.63) is 0 Å². The highest BCUT2D eigenvalue weighted by Crippen LogP contribution is 2.35. The molecule has 1 saturated heterocycles. The van der Waals surface area contributed by atoms with Gasteiger partial charge in [0.2, 0.25) is 0 Å². The lowest BCUT2D eigenvalue weighted by Gasteiger charge is -2.40. The molecular weight excluding hydrogens is 274 g/mol. The third-order valence-electron chi connectivity index (χ3n) is 6.01. The molecule has 2 fully saturated rings. The van der Waals surface area contributed by atoms with Crippen LogP contribution in [0.4, 0.5) is 0 Å². The Kier molecular flexibility index (Phi) is 6.73. The van der Waals surface area contributed by atoms with Crippen LogP contribution in [0.25, 0.3) is 0 Å². The van der Waals surface area contributed by atoms with Gasteiger partial charge in [-0.3, -0.25) is 0 Å². The fourth-order valence-electron chi connectivity index (χ4n) is 4.56. The van der Waals surface area contributed by atoms with E-state index < -0.39 is 0 Å². The van der Waals surface area contributed by atoms with E-state index in [0.717, 1.165) is 16.9 Å². The maximum Gasteiger partial charge on any atom is 0.126 e. The molecule has 1 aliphatic carbocycles. The zero-order chi connectivity index (χ0) is 16.2. The first kappa shape index (κ1) is 18.2. The zero-order valence-corrected chi connectivity index (χ0v) is 15.3. The van der Waals surface area contributed by atoms with Gasteiger partial charge in [-0.25, -0.2) is 0 Å². The number of hydrogen-bond acceptors (Lipinski definition) is 2. The van der Waals surface area contributed by atoms with E-state index >= 15 is 0 Å². The zero-order valence-electron chi connectivity index (χ0n) is 15.3. The largest absolute Gasteiger partial charge is 0.385 e. The van der Waals surface area contributed by atoms with Gasteiger partial charge in [0.1, 0.15) is 12.6 Å². The third kappa shape index (κ3) is 5.21. The molecule has 0 spiro atoms. The number of likely N-dealkylation sites (N-methyl/N-ethyl adjacent to an activating group) is 1. The maximum absolute atomic E-state index is 10.4. The molecule has 0 aromatic rings. The van der Waals surface area contributed by atoms with Gasteiger partial charge in [-0.15, -0.1) is 0 Å². The van der Waals surface area contributed by atoms with Crippen molar-refractivity contribution in [3.8, 4) is 0 Å². The van der Waals surface area contributed by atoms with Gasteiger partial charge in [0, 0.05) is 0 Å². The summed E-state index contributed by atoms with van der Waals surface area (Å²) in [5.74, 6) is 2.12. The van der Waals surface area contributed by atoms with Crippen LogP contribution in [0.15, 0.2) is 0 Å². The standard InChI is InChI=1S/C19H38NO2/c1-15(2)18-9-8-16(3)12-19(18)22-14-17(21)13-20(4)10-6-5-7-11-20/h15-19,21H,5-14H2,1-4H3/q+1/t16-,17+,18-,19-/m1/s1. The van der Waals surface area contributed by atoms with E-state index in [9.17, 15) is 5.11 Å². The minimum atomic E-state index is -0.312. The molecule has 0 aromatic heterocycles. The summed E-state index contributed by atoms with van der Waals surface area (Å²) in [6, 6.07) is 0. The molecule has 22 heavy (non-hydrogen) atoms. The minimum absolute atomic E-state index is 0.312. The molecule has 0 unspecified atom stereocenters. The van der Waals surface area contributed by atoms with Crippen molar-refractivity contribution in [1.29, 1.82) is 0 Å². The van der Waals surface area contributed by atoms with Crippen molar-refractivity contribution in [2.24, 2.45) is 17.8 Å². The van der Waals surface area contributed by atoms with Gasteiger partial charge in [-0.2, -0.15) is 0 Å². The van der Waals surface area contributed by atoms with E-state index in [2.05, 4.69) is 27.8 Å². The summed E-state index contributed by atoms with van der Waals surface area (Å²) in [7, 11) is 2.29. The molecule has 2 aliphatic rings. The highest BCUT2D eigenvalue weighted by atomic mass is 16.5. The van der Waals surface area contributed by atoms with Crippen LogP contribution in [0, 0.1) is 17.8 Å². The number of nitrogens with zero attached hydrogens (tertiary/aromatic N) is 1. The Balaban J connectivity index is 1.79. The molecule has 0 radical (unpaired) electrons. The summed E-state index contributed by atoms with van der Waals surface area (Å²) < 4.78 is 7.24. The van der Waals surface area contributed by atoms with Gasteiger partial charge < -0.3 is 14.3 Å². The average molecular weight is 313 g/mol. The summed E-state index contributed by atoms with van der Waals surface area (Å²) >= 11 is 0. The summed E-state index contributed by atoms with van der Waals surface area (Å²) in [4.78, 5) is 0. The molecule has 3 heteroatoms. The molecule has 0 bridgehead atoms. The normalized spacial score (nSPS) is 33.8. The first-order chi connectivity index (χ1) is 10.4. The highest BCUT2D eigenvalue weighted by Gasteiger charge is 2.33. The molecule has 0 amide bonds. The van der Waals surface area contributed by atoms with Crippen molar-refractivity contribution in [2.75, 3.05) is 33.3 Å². The number of aliphatic hydroxyl groups is 1. The Bertz CT molecular complexity index is 325. The van der Waals surface area contributed by atoms with Crippen LogP contribution in [0.2, 0.25) is 0 Å². The smallest absolute Gasteiger partial charge is 0.126 e. The Hall–Kier alpha value is -0.120. The molecule has 0 aromatic carbocycles. The fourth-order valence-corrected chi connectivity index (χ4v) is 4.56. The lowest BCUT2D eigenvalue weighted by Crippen LogP contribution is -2.53. The molecule has 4 atom stereocenters. The summed E-state index contributed by atoms with van der Waals surface area (Å²) in [6.07, 6.45) is 7.79. The van der Waals surface area contributed by atoms with E-state index in [1.54, 1.807) is 0 Å². The quantitative estimate of drug-likeness (QED) is 0.761. The molecule has 130 valence electrons. The van der Waals surface area contributed by atoms with Crippen molar-refractivity contribution in [2.45, 2.75) is 71.5 Å². The van der Waals surface area contributed by atoms with Crippen LogP contribution >= 0.6 is 0 Å². The van der Waals surface area contributed by atoms with Gasteiger partial charge >= 0.3 is 0 Å². The number of rotatable bonds is 6. The van der Waals surface area contributed by atoms with Crippen LogP contribution in [0.5, 0.6) is 0 Å². The van der Waals surface area contributed by atoms with Crippen LogP contribution in [-0.4, -0.2) is 55.1 Å². The van der Waals surface area contributed by atoms with Crippen molar-refractivity contribution in [3.63, 3.8) is 0 Å². The summed E-state index contributed by atoms with van der Waals surface area (Å²) in [6.45, 7) is 10.8. The van der Waals surface area contributed by atoms with E-state index in [-0.39, 0.29) is 6.10 Å².